The van der Waals surface area contributed by atoms with E-state index in [2.05, 4.69) is 16.8 Å². The van der Waals surface area contributed by atoms with Crippen LogP contribution < -0.4 is 5.69 Å². The monoisotopic (exact) mass is 480 g/mol. The van der Waals surface area contributed by atoms with E-state index < -0.39 is 0 Å². The molecule has 0 bridgehead atoms. The Morgan fingerprint density at radius 1 is 1.35 bits per heavy atom. The minimum atomic E-state index is -0.354. The molecule has 1 saturated heterocycles. The Morgan fingerprint density at radius 3 is 2.68 bits per heavy atom. The van der Waals surface area contributed by atoms with Crippen molar-refractivity contribution in [2.75, 3.05) is 32.8 Å². The summed E-state index contributed by atoms with van der Waals surface area (Å²) >= 11 is 0. The van der Waals surface area contributed by atoms with E-state index in [1.54, 1.807) is 29.4 Å². The van der Waals surface area contributed by atoms with E-state index in [1.165, 1.54) is 18.2 Å². The third-order valence-electron chi connectivity index (χ3n) is 6.22. The second-order valence-corrected chi connectivity index (χ2v) is 8.40. The quantitative estimate of drug-likeness (QED) is 0.561. The fourth-order valence-electron chi connectivity index (χ4n) is 4.24. The number of allylic oxidation sites excluding steroid dienone is 2. The van der Waals surface area contributed by atoms with Crippen LogP contribution in [0.15, 0.2) is 34.9 Å². The fourth-order valence-corrected chi connectivity index (χ4v) is 4.24. The van der Waals surface area contributed by atoms with Gasteiger partial charge in [0.2, 0.25) is 0 Å². The molecule has 2 aromatic rings. The van der Waals surface area contributed by atoms with Gasteiger partial charge in [-0.1, -0.05) is 19.9 Å². The van der Waals surface area contributed by atoms with E-state index in [0.29, 0.717) is 43.2 Å². The van der Waals surface area contributed by atoms with Gasteiger partial charge in [0.25, 0.3) is 0 Å². The summed E-state index contributed by atoms with van der Waals surface area (Å²) in [5.41, 5.74) is 1.02. The summed E-state index contributed by atoms with van der Waals surface area (Å²) in [6.45, 7) is 12.8. The molecule has 1 aromatic heterocycles. The Hall–Kier alpha value is -2.68. The van der Waals surface area contributed by atoms with Gasteiger partial charge in [-0.15, -0.1) is 0 Å². The summed E-state index contributed by atoms with van der Waals surface area (Å²) in [4.78, 5) is 31.2. The lowest BCUT2D eigenvalue weighted by Crippen LogP contribution is -2.40. The maximum Gasteiger partial charge on any atom is 0.409 e. The third kappa shape index (κ3) is 7.16. The number of nitrogens with zero attached hydrogens (tertiary/aromatic N) is 3. The minimum absolute atomic E-state index is 0.0324. The molecule has 1 amide bonds. The molecule has 1 fully saturated rings. The van der Waals surface area contributed by atoms with E-state index in [4.69, 9.17) is 4.74 Å². The number of halogens is 2. The Morgan fingerprint density at radius 2 is 2.09 bits per heavy atom. The largest absolute Gasteiger partial charge is 0.450 e. The zero-order valence-electron chi connectivity index (χ0n) is 20.9. The van der Waals surface area contributed by atoms with E-state index in [9.17, 15) is 18.4 Å². The van der Waals surface area contributed by atoms with Gasteiger partial charge in [-0.3, -0.25) is 9.47 Å². The number of carbonyl (C=O) groups excluding carboxylic acids is 1. The Labute approximate surface area is 200 Å². The van der Waals surface area contributed by atoms with Crippen LogP contribution in [-0.4, -0.2) is 64.3 Å². The first kappa shape index (κ1) is 27.6. The normalized spacial score (nSPS) is 17.1. The molecule has 3 rings (SSSR count). The Balaban J connectivity index is 0.000000604. The van der Waals surface area contributed by atoms with Crippen molar-refractivity contribution in [2.24, 2.45) is 0 Å². The molecule has 34 heavy (non-hydrogen) atoms. The lowest BCUT2D eigenvalue weighted by atomic mass is 10.1. The van der Waals surface area contributed by atoms with Gasteiger partial charge in [-0.2, -0.15) is 0 Å². The predicted octanol–water partition coefficient (Wildman–Crippen LogP) is 5.24. The third-order valence-corrected chi connectivity index (χ3v) is 6.22. The number of aromatic amines is 1. The lowest BCUT2D eigenvalue weighted by molar-refractivity contribution is 0.111. The number of aromatic nitrogens is 2. The molecule has 9 heteroatoms. The van der Waals surface area contributed by atoms with E-state index in [0.717, 1.165) is 25.9 Å². The zero-order valence-corrected chi connectivity index (χ0v) is 20.9. The van der Waals surface area contributed by atoms with Gasteiger partial charge < -0.3 is 14.6 Å². The number of hydrogen-bond donors (Lipinski definition) is 1. The van der Waals surface area contributed by atoms with Crippen molar-refractivity contribution in [1.82, 2.24) is 19.4 Å². The minimum Gasteiger partial charge on any atom is -0.450 e. The number of rotatable bonds is 8. The average molecular weight is 481 g/mol. The van der Waals surface area contributed by atoms with Crippen LogP contribution in [0.4, 0.5) is 13.6 Å². The van der Waals surface area contributed by atoms with Gasteiger partial charge in [0, 0.05) is 31.7 Å². The highest BCUT2D eigenvalue weighted by atomic mass is 19.1. The lowest BCUT2D eigenvalue weighted by Gasteiger charge is -2.29. The van der Waals surface area contributed by atoms with Crippen LogP contribution in [0.1, 0.15) is 59.9 Å². The van der Waals surface area contributed by atoms with Crippen LogP contribution in [-0.2, 0) is 4.74 Å². The summed E-state index contributed by atoms with van der Waals surface area (Å²) < 4.78 is 32.1. The zero-order chi connectivity index (χ0) is 25.3. The number of imidazole rings is 1. The van der Waals surface area contributed by atoms with Crippen LogP contribution in [0.2, 0.25) is 0 Å². The van der Waals surface area contributed by atoms with Gasteiger partial charge in [0.15, 0.2) is 0 Å². The van der Waals surface area contributed by atoms with Crippen LogP contribution in [0.3, 0.4) is 0 Å². The van der Waals surface area contributed by atoms with Crippen molar-refractivity contribution in [3.63, 3.8) is 0 Å². The van der Waals surface area contributed by atoms with Gasteiger partial charge in [0.1, 0.15) is 5.82 Å². The van der Waals surface area contributed by atoms with Crippen LogP contribution in [0, 0.1) is 5.82 Å². The number of amides is 1. The van der Waals surface area contributed by atoms with Crippen molar-refractivity contribution in [1.29, 1.82) is 0 Å². The van der Waals surface area contributed by atoms with Crippen LogP contribution in [0.25, 0.3) is 11.0 Å². The number of carbonyl (C=O) groups is 1. The smallest absolute Gasteiger partial charge is 0.409 e. The molecule has 0 saturated carbocycles. The van der Waals surface area contributed by atoms with Crippen LogP contribution >= 0.6 is 0 Å². The molecule has 0 spiro atoms. The molecular formula is C25H38F2N4O3. The molecule has 2 unspecified atom stereocenters. The van der Waals surface area contributed by atoms with E-state index in [1.807, 2.05) is 13.8 Å². The number of likely N-dealkylation sites (tertiary alicyclic amines) is 1. The molecule has 2 heterocycles. The van der Waals surface area contributed by atoms with Gasteiger partial charge in [-0.25, -0.2) is 18.4 Å². The van der Waals surface area contributed by atoms with Crippen molar-refractivity contribution in [3.8, 4) is 0 Å². The number of ether oxygens (including phenoxy) is 1. The van der Waals surface area contributed by atoms with Crippen LogP contribution in [0.5, 0.6) is 0 Å². The number of likely N-dealkylation sites (N-methyl/N-ethyl adjacent to an activating group) is 1. The maximum absolute atomic E-state index is 13.6. The predicted molar refractivity (Wildman–Crippen MR) is 131 cm³/mol. The molecule has 2 atom stereocenters. The summed E-state index contributed by atoms with van der Waals surface area (Å²) in [6, 6.07) is 4.56. The average Bonchev–Trinajstić information content (AvgIpc) is 3.43. The fraction of sp³-hybridized carbons (Fsp3) is 0.600. The van der Waals surface area contributed by atoms with Gasteiger partial charge >= 0.3 is 11.8 Å². The number of hydrogen-bond acceptors (Lipinski definition) is 4. The standard InChI is InChI=1S/C20H29FN4O3.C5H9F/c1-4-23(16-9-11-24(13-16)20(27)28-5-2)10-8-14(3)25-18-12-15(21)6-7-17(18)22-19(25)26;1-3-5(6)4-2/h6-7,12,14,16H,4-5,8-11,13H2,1-3H3,(H,22,26);3H,4H2,1-2H3/b;5-3+. The topological polar surface area (TPSA) is 70.6 Å². The molecule has 190 valence electrons. The molecule has 1 N–H and O–H groups in total. The molecule has 1 aliphatic rings. The highest BCUT2D eigenvalue weighted by Gasteiger charge is 2.30. The molecule has 1 aromatic carbocycles. The summed E-state index contributed by atoms with van der Waals surface area (Å²) in [5, 5.41) is 0. The van der Waals surface area contributed by atoms with Crippen molar-refractivity contribution < 1.29 is 18.3 Å². The number of benzene rings is 1. The molecular weight excluding hydrogens is 442 g/mol. The van der Waals surface area contributed by atoms with Gasteiger partial charge in [-0.05, 0) is 64.8 Å². The number of nitrogens with one attached hydrogen (secondary N) is 1. The first-order chi connectivity index (χ1) is 16.2. The summed E-state index contributed by atoms with van der Waals surface area (Å²) in [6.07, 6.45) is 3.42. The SMILES string of the molecule is C/C=C(/F)CC.CCOC(=O)N1CCC(N(CC)CCC(C)n2c(=O)[nH]c3ccc(F)cc32)C1. The first-order valence-electron chi connectivity index (χ1n) is 12.1. The molecule has 0 radical (unpaired) electrons. The molecule has 0 aliphatic carbocycles. The Kier molecular flexibility index (Phi) is 10.8. The second-order valence-electron chi connectivity index (χ2n) is 8.40. The van der Waals surface area contributed by atoms with E-state index >= 15 is 0 Å². The van der Waals surface area contributed by atoms with Crippen molar-refractivity contribution >= 4 is 17.1 Å². The molecule has 1 aliphatic heterocycles. The van der Waals surface area contributed by atoms with Crippen molar-refractivity contribution in [3.05, 3.63) is 46.4 Å². The summed E-state index contributed by atoms with van der Waals surface area (Å²) in [7, 11) is 0. The van der Waals surface area contributed by atoms with Crippen molar-refractivity contribution in [2.45, 2.75) is 66.0 Å². The van der Waals surface area contributed by atoms with Gasteiger partial charge in [0.05, 0.1) is 23.5 Å². The summed E-state index contributed by atoms with van der Waals surface area (Å²) in [5.74, 6) is -0.386. The second kappa shape index (κ2) is 13.3. The number of H-pyrrole nitrogens is 1. The first-order valence-corrected chi connectivity index (χ1v) is 12.1. The molecule has 7 nitrogen and oxygen atoms in total. The highest BCUT2D eigenvalue weighted by Crippen LogP contribution is 2.21. The van der Waals surface area contributed by atoms with E-state index in [-0.39, 0.29) is 29.5 Å². The Bertz CT molecular complexity index is 1020. The maximum atomic E-state index is 13.6. The highest BCUT2D eigenvalue weighted by molar-refractivity contribution is 5.75. The number of fused-ring (bicyclic) bond motifs is 1.